The van der Waals surface area contributed by atoms with Gasteiger partial charge in [-0.2, -0.15) is 35.3 Å². The molecule has 0 saturated heterocycles. The number of anilines is 1. The summed E-state index contributed by atoms with van der Waals surface area (Å²) in [4.78, 5) is 0. The molecule has 10 heteroatoms. The molecule has 0 atom stereocenters. The lowest BCUT2D eigenvalue weighted by atomic mass is 10.2. The Morgan fingerprint density at radius 3 is 2.33 bits per heavy atom. The molecular weight excluding hydrogens is 384 g/mol. The third kappa shape index (κ3) is 3.43. The van der Waals surface area contributed by atoms with Crippen LogP contribution in [0.4, 0.5) is 19.0 Å². The molecule has 1 N–H and O–H groups in total. The Morgan fingerprint density at radius 1 is 1.33 bits per heavy atom. The smallest absolute Gasteiger partial charge is 0.373 e. The van der Waals surface area contributed by atoms with Gasteiger partial charge in [-0.1, -0.05) is 23.2 Å². The van der Waals surface area contributed by atoms with Crippen LogP contribution in [0.3, 0.4) is 0 Å². The zero-order valence-corrected chi connectivity index (χ0v) is 14.8. The van der Waals surface area contributed by atoms with Crippen molar-refractivity contribution in [2.75, 3.05) is 18.6 Å². The molecule has 128 valence electrons. The second-order valence-corrected chi connectivity index (χ2v) is 6.35. The van der Waals surface area contributed by atoms with Gasteiger partial charge in [0.05, 0.1) is 15.6 Å². The molecule has 1 aromatic heterocycles. The van der Waals surface area contributed by atoms with Crippen LogP contribution in [-0.2, 0) is 11.9 Å². The maximum absolute atomic E-state index is 12.9. The first kappa shape index (κ1) is 18.8. The number of alkyl halides is 3. The van der Waals surface area contributed by atoms with Gasteiger partial charge in [-0.05, 0) is 18.4 Å². The van der Waals surface area contributed by atoms with Gasteiger partial charge in [0, 0.05) is 18.4 Å². The summed E-state index contributed by atoms with van der Waals surface area (Å²) in [5, 5.41) is 15.8. The number of nitrogens with one attached hydrogen (secondary N) is 1. The number of benzene rings is 1. The van der Waals surface area contributed by atoms with Gasteiger partial charge in [0.2, 0.25) is 0 Å². The van der Waals surface area contributed by atoms with E-state index in [1.807, 2.05) is 12.3 Å². The lowest BCUT2D eigenvalue weighted by Crippen LogP contribution is -2.09. The highest BCUT2D eigenvalue weighted by atomic mass is 35.5. The summed E-state index contributed by atoms with van der Waals surface area (Å²) in [6, 6.07) is 3.53. The minimum Gasteiger partial charge on any atom is -0.373 e. The molecule has 0 aliphatic carbocycles. The van der Waals surface area contributed by atoms with E-state index < -0.39 is 11.7 Å². The normalized spacial score (nSPS) is 11.4. The van der Waals surface area contributed by atoms with Gasteiger partial charge < -0.3 is 5.32 Å². The highest BCUT2D eigenvalue weighted by Crippen LogP contribution is 2.39. The molecule has 0 aliphatic rings. The highest BCUT2D eigenvalue weighted by molar-refractivity contribution is 7.97. The fraction of sp³-hybridized carbons (Fsp3) is 0.286. The number of nitriles is 1. The summed E-state index contributed by atoms with van der Waals surface area (Å²) in [6.45, 7) is 0. The Balaban J connectivity index is 2.71. The zero-order chi connectivity index (χ0) is 18.1. The third-order valence-electron chi connectivity index (χ3n) is 3.17. The largest absolute Gasteiger partial charge is 0.416 e. The molecular formula is C14H11Cl2F3N4S. The Bertz CT molecular complexity index is 789. The van der Waals surface area contributed by atoms with E-state index in [0.717, 1.165) is 12.1 Å². The molecule has 0 bridgehead atoms. The molecule has 0 radical (unpaired) electrons. The van der Waals surface area contributed by atoms with Gasteiger partial charge >= 0.3 is 6.18 Å². The van der Waals surface area contributed by atoms with Crippen LogP contribution < -0.4 is 5.32 Å². The van der Waals surface area contributed by atoms with E-state index >= 15 is 0 Å². The van der Waals surface area contributed by atoms with Crippen molar-refractivity contribution in [1.29, 1.82) is 5.26 Å². The topological polar surface area (TPSA) is 53.6 Å². The number of hydrogen-bond donors (Lipinski definition) is 1. The summed E-state index contributed by atoms with van der Waals surface area (Å²) in [5.41, 5.74) is -0.0935. The highest BCUT2D eigenvalue weighted by Gasteiger charge is 2.33. The summed E-state index contributed by atoms with van der Waals surface area (Å²) < 4.78 is 39.8. The first-order chi connectivity index (χ1) is 11.2. The van der Waals surface area contributed by atoms with Crippen LogP contribution in [0.2, 0.25) is 10.0 Å². The van der Waals surface area contributed by atoms with Crippen molar-refractivity contribution < 1.29 is 13.2 Å². The molecule has 0 aliphatic heterocycles. The lowest BCUT2D eigenvalue weighted by Gasteiger charge is -2.14. The van der Waals surface area contributed by atoms with Crippen LogP contribution in [0.25, 0.3) is 5.69 Å². The van der Waals surface area contributed by atoms with Crippen molar-refractivity contribution in [2.24, 2.45) is 0 Å². The van der Waals surface area contributed by atoms with Crippen molar-refractivity contribution >= 4 is 40.8 Å². The van der Waals surface area contributed by atoms with E-state index in [1.165, 1.54) is 16.4 Å². The van der Waals surface area contributed by atoms with Gasteiger partial charge in [0.25, 0.3) is 0 Å². The SMILES string of the molecule is CNc1c(CSC)c(C#N)nn1-c1c(Cl)cc(C(F)(F)F)cc1Cl. The molecule has 24 heavy (non-hydrogen) atoms. The third-order valence-corrected chi connectivity index (χ3v) is 4.32. The Labute approximate surface area is 150 Å². The number of nitrogens with zero attached hydrogens (tertiary/aromatic N) is 3. The average Bonchev–Trinajstić information content (AvgIpc) is 2.83. The van der Waals surface area contributed by atoms with Gasteiger partial charge in [0.15, 0.2) is 5.69 Å². The van der Waals surface area contributed by atoms with E-state index in [1.54, 1.807) is 7.05 Å². The lowest BCUT2D eigenvalue weighted by molar-refractivity contribution is -0.137. The fourth-order valence-corrected chi connectivity index (χ4v) is 3.38. The molecule has 1 aromatic carbocycles. The average molecular weight is 395 g/mol. The Hall–Kier alpha value is -1.56. The Kier molecular flexibility index (Phi) is 5.58. The molecule has 2 aromatic rings. The Morgan fingerprint density at radius 2 is 1.92 bits per heavy atom. The summed E-state index contributed by atoms with van der Waals surface area (Å²) in [7, 11) is 1.62. The van der Waals surface area contributed by atoms with Crippen LogP contribution in [0.5, 0.6) is 0 Å². The molecule has 0 unspecified atom stereocenters. The first-order valence-electron chi connectivity index (χ1n) is 6.49. The molecule has 1 heterocycles. The number of thioether (sulfide) groups is 1. The second-order valence-electron chi connectivity index (χ2n) is 4.67. The fourth-order valence-electron chi connectivity index (χ4n) is 2.17. The number of aromatic nitrogens is 2. The van der Waals surface area contributed by atoms with E-state index in [2.05, 4.69) is 10.4 Å². The predicted molar refractivity (Wildman–Crippen MR) is 90.1 cm³/mol. The monoisotopic (exact) mass is 394 g/mol. The van der Waals surface area contributed by atoms with E-state index in [-0.39, 0.29) is 21.4 Å². The summed E-state index contributed by atoms with van der Waals surface area (Å²) in [5.74, 6) is 0.944. The second kappa shape index (κ2) is 7.13. The van der Waals surface area contributed by atoms with Crippen LogP contribution >= 0.6 is 35.0 Å². The van der Waals surface area contributed by atoms with Crippen molar-refractivity contribution in [3.05, 3.63) is 39.0 Å². The van der Waals surface area contributed by atoms with Crippen LogP contribution in [0, 0.1) is 11.3 Å². The van der Waals surface area contributed by atoms with Crippen molar-refractivity contribution in [2.45, 2.75) is 11.9 Å². The van der Waals surface area contributed by atoms with Gasteiger partial charge in [-0.3, -0.25) is 0 Å². The zero-order valence-electron chi connectivity index (χ0n) is 12.5. The van der Waals surface area contributed by atoms with Crippen LogP contribution in [0.15, 0.2) is 12.1 Å². The minimum absolute atomic E-state index is 0.0829. The maximum atomic E-state index is 12.9. The van der Waals surface area contributed by atoms with Crippen LogP contribution in [0.1, 0.15) is 16.8 Å². The minimum atomic E-state index is -4.57. The van der Waals surface area contributed by atoms with E-state index in [0.29, 0.717) is 17.1 Å². The standard InChI is InChI=1S/C14H11Cl2F3N4S/c1-21-13-8(6-24-2)11(5-20)22-23(13)12-9(15)3-7(4-10(12)16)14(17,18)19/h3-4,21H,6H2,1-2H3. The van der Waals surface area contributed by atoms with Crippen LogP contribution in [-0.4, -0.2) is 23.1 Å². The molecule has 0 amide bonds. The molecule has 2 rings (SSSR count). The van der Waals surface area contributed by atoms with E-state index in [9.17, 15) is 18.4 Å². The van der Waals surface area contributed by atoms with Crippen molar-refractivity contribution in [1.82, 2.24) is 9.78 Å². The van der Waals surface area contributed by atoms with Gasteiger partial charge in [-0.25, -0.2) is 4.68 Å². The molecule has 4 nitrogen and oxygen atoms in total. The maximum Gasteiger partial charge on any atom is 0.416 e. The van der Waals surface area contributed by atoms with Gasteiger partial charge in [-0.15, -0.1) is 0 Å². The molecule has 0 fully saturated rings. The number of hydrogen-bond acceptors (Lipinski definition) is 4. The number of rotatable bonds is 4. The van der Waals surface area contributed by atoms with Gasteiger partial charge in [0.1, 0.15) is 17.6 Å². The molecule has 0 saturated carbocycles. The molecule has 0 spiro atoms. The van der Waals surface area contributed by atoms with Crippen molar-refractivity contribution in [3.63, 3.8) is 0 Å². The van der Waals surface area contributed by atoms with Crippen molar-refractivity contribution in [3.8, 4) is 11.8 Å². The first-order valence-corrected chi connectivity index (χ1v) is 8.64. The quantitative estimate of drug-likeness (QED) is 0.794. The predicted octanol–water partition coefficient (Wildman–Crippen LogP) is 4.97. The summed E-state index contributed by atoms with van der Waals surface area (Å²) in [6.07, 6.45) is -2.71. The summed E-state index contributed by atoms with van der Waals surface area (Å²) >= 11 is 13.5. The van der Waals surface area contributed by atoms with E-state index in [4.69, 9.17) is 23.2 Å². The number of halogens is 5.